The van der Waals surface area contributed by atoms with Crippen LogP contribution in [0.3, 0.4) is 0 Å². The number of carbonyl (C=O) groups excluding carboxylic acids is 1. The average molecular weight is 375 g/mol. The van der Waals surface area contributed by atoms with Gasteiger partial charge in [0.25, 0.3) is 0 Å². The van der Waals surface area contributed by atoms with Crippen molar-refractivity contribution in [1.82, 2.24) is 10.6 Å². The molecule has 0 bridgehead atoms. The third-order valence-corrected chi connectivity index (χ3v) is 4.54. The maximum Gasteiger partial charge on any atom is 0.228 e. The summed E-state index contributed by atoms with van der Waals surface area (Å²) in [5.41, 5.74) is -0.490. The number of benzene rings is 1. The lowest BCUT2D eigenvalue weighted by molar-refractivity contribution is -0.136. The molecule has 0 radical (unpaired) electrons. The number of rotatable bonds is 8. The standard InChI is InChI=1S/C18H27FN2O3.ClH/c1-3-14(24-16-7-5-4-6-15(16)19)12-21-17(22)18(13-23-2)8-10-20-11-9-18;/h4-7,14,20H,3,8-13H2,1-2H3,(H,21,22);1H. The van der Waals surface area contributed by atoms with Crippen molar-refractivity contribution in [3.05, 3.63) is 30.1 Å². The molecule has 1 aromatic rings. The van der Waals surface area contributed by atoms with E-state index in [-0.39, 0.29) is 30.2 Å². The number of hydrogen-bond donors (Lipinski definition) is 2. The lowest BCUT2D eigenvalue weighted by atomic mass is 9.78. The molecule has 1 saturated heterocycles. The van der Waals surface area contributed by atoms with Gasteiger partial charge >= 0.3 is 0 Å². The maximum atomic E-state index is 13.7. The molecule has 1 atom stereocenters. The van der Waals surface area contributed by atoms with Crippen molar-refractivity contribution in [2.24, 2.45) is 5.41 Å². The minimum Gasteiger partial charge on any atom is -0.486 e. The Morgan fingerprint density at radius 2 is 2.04 bits per heavy atom. The molecule has 1 fully saturated rings. The SMILES string of the molecule is CCC(CNC(=O)C1(COC)CCNCC1)Oc1ccccc1F.Cl. The highest BCUT2D eigenvalue weighted by atomic mass is 35.5. The van der Waals surface area contributed by atoms with E-state index in [4.69, 9.17) is 9.47 Å². The molecule has 0 aliphatic carbocycles. The number of halogens is 2. The van der Waals surface area contributed by atoms with E-state index in [1.165, 1.54) is 6.07 Å². The van der Waals surface area contributed by atoms with Gasteiger partial charge in [0.1, 0.15) is 6.10 Å². The number of amides is 1. The van der Waals surface area contributed by atoms with E-state index in [0.29, 0.717) is 19.6 Å². The Morgan fingerprint density at radius 3 is 2.64 bits per heavy atom. The Labute approximate surface area is 155 Å². The minimum absolute atomic E-state index is 0. The molecule has 1 unspecified atom stereocenters. The van der Waals surface area contributed by atoms with Crippen LogP contribution in [0.2, 0.25) is 0 Å². The van der Waals surface area contributed by atoms with Crippen LogP contribution < -0.4 is 15.4 Å². The molecule has 1 aliphatic heterocycles. The number of piperidine rings is 1. The maximum absolute atomic E-state index is 13.7. The van der Waals surface area contributed by atoms with Crippen molar-refractivity contribution in [2.45, 2.75) is 32.3 Å². The Balaban J connectivity index is 0.00000312. The second kappa shape index (κ2) is 10.6. The van der Waals surface area contributed by atoms with E-state index < -0.39 is 11.2 Å². The summed E-state index contributed by atoms with van der Waals surface area (Å²) in [4.78, 5) is 12.7. The van der Waals surface area contributed by atoms with Gasteiger partial charge in [0.2, 0.25) is 5.91 Å². The summed E-state index contributed by atoms with van der Waals surface area (Å²) in [6.07, 6.45) is 1.90. The molecule has 2 rings (SSSR count). The molecular weight excluding hydrogens is 347 g/mol. The zero-order valence-corrected chi connectivity index (χ0v) is 15.7. The Morgan fingerprint density at radius 1 is 1.36 bits per heavy atom. The Hall–Kier alpha value is -1.37. The fourth-order valence-electron chi connectivity index (χ4n) is 3.00. The summed E-state index contributed by atoms with van der Waals surface area (Å²) in [6, 6.07) is 6.31. The zero-order chi connectivity index (χ0) is 17.4. The molecule has 142 valence electrons. The van der Waals surface area contributed by atoms with Gasteiger partial charge in [-0.15, -0.1) is 12.4 Å². The van der Waals surface area contributed by atoms with Crippen LogP contribution in [0.25, 0.3) is 0 Å². The highest BCUT2D eigenvalue weighted by molar-refractivity contribution is 5.85. The van der Waals surface area contributed by atoms with E-state index >= 15 is 0 Å². The van der Waals surface area contributed by atoms with Crippen LogP contribution in [-0.2, 0) is 9.53 Å². The van der Waals surface area contributed by atoms with Crippen LogP contribution in [0.4, 0.5) is 4.39 Å². The van der Waals surface area contributed by atoms with Crippen molar-refractivity contribution in [3.8, 4) is 5.75 Å². The zero-order valence-electron chi connectivity index (χ0n) is 14.8. The summed E-state index contributed by atoms with van der Waals surface area (Å²) >= 11 is 0. The van der Waals surface area contributed by atoms with Crippen molar-refractivity contribution < 1.29 is 18.7 Å². The largest absolute Gasteiger partial charge is 0.486 e. The Kier molecular flexibility index (Phi) is 9.17. The topological polar surface area (TPSA) is 59.6 Å². The predicted octanol–water partition coefficient (Wildman–Crippen LogP) is 2.54. The number of nitrogens with one attached hydrogen (secondary N) is 2. The van der Waals surface area contributed by atoms with Crippen LogP contribution in [-0.4, -0.2) is 45.4 Å². The molecule has 0 aromatic heterocycles. The van der Waals surface area contributed by atoms with Gasteiger partial charge in [-0.05, 0) is 44.5 Å². The number of para-hydroxylation sites is 1. The van der Waals surface area contributed by atoms with E-state index in [9.17, 15) is 9.18 Å². The molecule has 1 aromatic carbocycles. The third kappa shape index (κ3) is 5.83. The van der Waals surface area contributed by atoms with Crippen molar-refractivity contribution in [1.29, 1.82) is 0 Å². The van der Waals surface area contributed by atoms with E-state index in [0.717, 1.165) is 25.9 Å². The molecule has 1 amide bonds. The van der Waals surface area contributed by atoms with Crippen LogP contribution in [0.15, 0.2) is 24.3 Å². The van der Waals surface area contributed by atoms with Crippen LogP contribution in [0, 0.1) is 11.2 Å². The quantitative estimate of drug-likeness (QED) is 0.734. The van der Waals surface area contributed by atoms with Gasteiger partial charge in [-0.2, -0.15) is 0 Å². The molecular formula is C18H28ClFN2O3. The molecule has 0 spiro atoms. The second-order valence-corrected chi connectivity index (χ2v) is 6.25. The van der Waals surface area contributed by atoms with Gasteiger partial charge in [0, 0.05) is 7.11 Å². The molecule has 2 N–H and O–H groups in total. The lowest BCUT2D eigenvalue weighted by Gasteiger charge is -2.35. The lowest BCUT2D eigenvalue weighted by Crippen LogP contribution is -2.51. The third-order valence-electron chi connectivity index (χ3n) is 4.54. The first-order valence-corrected chi connectivity index (χ1v) is 8.50. The summed E-state index contributed by atoms with van der Waals surface area (Å²) in [5.74, 6) is -0.190. The highest BCUT2D eigenvalue weighted by Crippen LogP contribution is 2.29. The first-order valence-electron chi connectivity index (χ1n) is 8.50. The normalized spacial score (nSPS) is 17.2. The summed E-state index contributed by atoms with van der Waals surface area (Å²) in [6.45, 7) is 4.32. The Bertz CT molecular complexity index is 533. The molecule has 0 saturated carbocycles. The van der Waals surface area contributed by atoms with Crippen LogP contribution in [0.1, 0.15) is 26.2 Å². The fourth-order valence-corrected chi connectivity index (χ4v) is 3.00. The molecule has 1 heterocycles. The van der Waals surface area contributed by atoms with Crippen molar-refractivity contribution in [3.63, 3.8) is 0 Å². The van der Waals surface area contributed by atoms with Gasteiger partial charge < -0.3 is 20.1 Å². The predicted molar refractivity (Wildman–Crippen MR) is 97.8 cm³/mol. The van der Waals surface area contributed by atoms with Gasteiger partial charge in [-0.3, -0.25) is 4.79 Å². The number of methoxy groups -OCH3 is 1. The highest BCUT2D eigenvalue weighted by Gasteiger charge is 2.39. The van der Waals surface area contributed by atoms with Gasteiger partial charge in [-0.1, -0.05) is 19.1 Å². The number of ether oxygens (including phenoxy) is 2. The van der Waals surface area contributed by atoms with Gasteiger partial charge in [0.05, 0.1) is 18.6 Å². The van der Waals surface area contributed by atoms with Crippen molar-refractivity contribution >= 4 is 18.3 Å². The summed E-state index contributed by atoms with van der Waals surface area (Å²) < 4.78 is 24.7. The number of hydrogen-bond acceptors (Lipinski definition) is 4. The fraction of sp³-hybridized carbons (Fsp3) is 0.611. The van der Waals surface area contributed by atoms with Crippen molar-refractivity contribution in [2.75, 3.05) is 33.4 Å². The van der Waals surface area contributed by atoms with Gasteiger partial charge in [0.15, 0.2) is 11.6 Å². The van der Waals surface area contributed by atoms with Gasteiger partial charge in [-0.25, -0.2) is 4.39 Å². The molecule has 25 heavy (non-hydrogen) atoms. The summed E-state index contributed by atoms with van der Waals surface area (Å²) in [7, 11) is 1.62. The first kappa shape index (κ1) is 21.7. The van der Waals surface area contributed by atoms with E-state index in [1.54, 1.807) is 25.3 Å². The van der Waals surface area contributed by atoms with E-state index in [2.05, 4.69) is 10.6 Å². The average Bonchev–Trinajstić information content (AvgIpc) is 2.61. The minimum atomic E-state index is -0.490. The molecule has 1 aliphatic rings. The first-order chi connectivity index (χ1) is 11.6. The monoisotopic (exact) mass is 374 g/mol. The number of carbonyl (C=O) groups is 1. The second-order valence-electron chi connectivity index (χ2n) is 6.25. The van der Waals surface area contributed by atoms with Crippen LogP contribution in [0.5, 0.6) is 5.75 Å². The summed E-state index contributed by atoms with van der Waals surface area (Å²) in [5, 5.41) is 6.24. The smallest absolute Gasteiger partial charge is 0.228 e. The molecule has 7 heteroatoms. The van der Waals surface area contributed by atoms with Crippen LogP contribution >= 0.6 is 12.4 Å². The molecule has 5 nitrogen and oxygen atoms in total. The van der Waals surface area contributed by atoms with E-state index in [1.807, 2.05) is 6.92 Å².